The second kappa shape index (κ2) is 4.73. The van der Waals surface area contributed by atoms with E-state index in [1.54, 1.807) is 0 Å². The van der Waals surface area contributed by atoms with E-state index in [0.29, 0.717) is 11.3 Å². The summed E-state index contributed by atoms with van der Waals surface area (Å²) >= 11 is -1.38. The average molecular weight is 292 g/mol. The Balaban J connectivity index is 2.16. The van der Waals surface area contributed by atoms with Gasteiger partial charge in [-0.2, -0.15) is 4.98 Å². The molecule has 20 heavy (non-hydrogen) atoms. The van der Waals surface area contributed by atoms with Crippen LogP contribution in [0, 0.1) is 5.82 Å². The lowest BCUT2D eigenvalue weighted by atomic mass is 10.4. The van der Waals surface area contributed by atoms with Crippen LogP contribution < -0.4 is 0 Å². The molecular weight excluding hydrogens is 283 g/mol. The maximum atomic E-state index is 13.3. The van der Waals surface area contributed by atoms with Crippen molar-refractivity contribution < 1.29 is 14.0 Å². The highest BCUT2D eigenvalue weighted by molar-refractivity contribution is 7.90. The molecule has 0 aliphatic carbocycles. The third kappa shape index (κ3) is 2.08. The van der Waals surface area contributed by atoms with Crippen LogP contribution in [0.25, 0.3) is 17.2 Å². The molecule has 0 aromatic carbocycles. The summed E-state index contributed by atoms with van der Waals surface area (Å²) in [5.74, 6) is -0.607. The normalized spacial score (nSPS) is 12.8. The Morgan fingerprint density at radius 3 is 2.80 bits per heavy atom. The van der Waals surface area contributed by atoms with Crippen molar-refractivity contribution in [2.24, 2.45) is 0 Å². The number of rotatable bonds is 2. The van der Waals surface area contributed by atoms with Crippen molar-refractivity contribution in [3.05, 3.63) is 36.5 Å². The summed E-state index contributed by atoms with van der Waals surface area (Å²) in [6.07, 6.45) is 5.43. The zero-order chi connectivity index (χ0) is 14.3. The molecule has 3 rings (SSSR count). The smallest absolute Gasteiger partial charge is 0.271 e. The van der Waals surface area contributed by atoms with Crippen LogP contribution in [0.1, 0.15) is 0 Å². The number of pyridine rings is 1. The van der Waals surface area contributed by atoms with Gasteiger partial charge >= 0.3 is 0 Å². The number of nitrogens with zero attached hydrogens (tertiary/aromatic N) is 4. The number of aromatic nitrogens is 4. The Morgan fingerprint density at radius 1 is 1.30 bits per heavy atom. The summed E-state index contributed by atoms with van der Waals surface area (Å²) in [6.45, 7) is 0. The van der Waals surface area contributed by atoms with Gasteiger partial charge < -0.3 is 9.66 Å². The lowest BCUT2D eigenvalue weighted by Gasteiger charge is -2.06. The van der Waals surface area contributed by atoms with E-state index in [4.69, 9.17) is 0 Å². The molecule has 0 saturated heterocycles. The van der Waals surface area contributed by atoms with Gasteiger partial charge in [-0.05, 0) is 23.3 Å². The largest absolute Gasteiger partial charge is 0.611 e. The minimum atomic E-state index is -1.38. The lowest BCUT2D eigenvalue weighted by molar-refractivity contribution is 0.435. The first-order chi connectivity index (χ1) is 9.56. The van der Waals surface area contributed by atoms with Gasteiger partial charge in [-0.1, -0.05) is 0 Å². The van der Waals surface area contributed by atoms with Crippen LogP contribution in [0.3, 0.4) is 0 Å². The second-order valence-electron chi connectivity index (χ2n) is 4.05. The molecule has 1 atom stereocenters. The molecule has 3 aromatic rings. The summed E-state index contributed by atoms with van der Waals surface area (Å²) in [6, 6.07) is 2.82. The first-order valence-corrected chi connectivity index (χ1v) is 7.14. The molecule has 3 heterocycles. The summed E-state index contributed by atoms with van der Waals surface area (Å²) < 4.78 is 26.1. The maximum absolute atomic E-state index is 13.3. The van der Waals surface area contributed by atoms with Crippen LogP contribution in [0.4, 0.5) is 4.39 Å². The molecule has 1 unspecified atom stereocenters. The minimum Gasteiger partial charge on any atom is -0.611 e. The van der Waals surface area contributed by atoms with E-state index in [0.717, 1.165) is 0 Å². The Bertz CT molecular complexity index is 790. The lowest BCUT2D eigenvalue weighted by Crippen LogP contribution is -2.02. The molecule has 102 valence electrons. The topological polar surface area (TPSA) is 86.4 Å². The van der Waals surface area contributed by atoms with Crippen LogP contribution in [0.5, 0.6) is 5.88 Å². The molecule has 0 bridgehead atoms. The van der Waals surface area contributed by atoms with Crippen LogP contribution in [-0.4, -0.2) is 35.3 Å². The monoisotopic (exact) mass is 292 g/mol. The van der Waals surface area contributed by atoms with Crippen molar-refractivity contribution in [2.75, 3.05) is 6.26 Å². The van der Waals surface area contributed by atoms with Gasteiger partial charge in [0.2, 0.25) is 4.90 Å². The number of hydrogen-bond donors (Lipinski definition) is 1. The minimum absolute atomic E-state index is 0.147. The second-order valence-corrected chi connectivity index (χ2v) is 5.40. The zero-order valence-electron chi connectivity index (χ0n) is 10.3. The Hall–Kier alpha value is -2.19. The molecule has 3 aromatic heterocycles. The van der Waals surface area contributed by atoms with E-state index in [-0.39, 0.29) is 16.6 Å². The molecule has 6 nitrogen and oxygen atoms in total. The summed E-state index contributed by atoms with van der Waals surface area (Å²) in [7, 11) is 0. The molecule has 0 radical (unpaired) electrons. The van der Waals surface area contributed by atoms with Gasteiger partial charge in [-0.3, -0.25) is 4.40 Å². The van der Waals surface area contributed by atoms with E-state index in [1.165, 1.54) is 41.4 Å². The fourth-order valence-electron chi connectivity index (χ4n) is 1.81. The molecule has 0 aliphatic rings. The maximum Gasteiger partial charge on any atom is 0.271 e. The number of halogens is 1. The van der Waals surface area contributed by atoms with Crippen molar-refractivity contribution in [2.45, 2.75) is 4.90 Å². The van der Waals surface area contributed by atoms with Crippen molar-refractivity contribution in [3.63, 3.8) is 0 Å². The van der Waals surface area contributed by atoms with E-state index < -0.39 is 17.0 Å². The number of imidazole rings is 1. The Morgan fingerprint density at radius 2 is 2.10 bits per heavy atom. The van der Waals surface area contributed by atoms with Crippen molar-refractivity contribution in [1.82, 2.24) is 19.4 Å². The van der Waals surface area contributed by atoms with Gasteiger partial charge in [0.1, 0.15) is 23.4 Å². The standard InChI is InChI=1S/C12H9FN4O2S/c1-20(19)9-5-15-11(16-12(9)18)8-4-14-10-3-2-7(13)6-17(8)10/h2-6H,1H3,(H,15,16,18). The van der Waals surface area contributed by atoms with Gasteiger partial charge in [0.05, 0.1) is 12.4 Å². The molecule has 0 amide bonds. The van der Waals surface area contributed by atoms with E-state index >= 15 is 0 Å². The highest BCUT2D eigenvalue weighted by Gasteiger charge is 2.17. The van der Waals surface area contributed by atoms with Crippen molar-refractivity contribution >= 4 is 16.8 Å². The average Bonchev–Trinajstić information content (AvgIpc) is 2.81. The molecule has 0 saturated carbocycles. The first kappa shape index (κ1) is 12.8. The highest BCUT2D eigenvalue weighted by atomic mass is 32.2. The zero-order valence-corrected chi connectivity index (χ0v) is 11.1. The summed E-state index contributed by atoms with van der Waals surface area (Å²) in [5, 5.41) is 9.74. The molecule has 0 spiro atoms. The third-order valence-corrected chi connectivity index (χ3v) is 3.65. The Kier molecular flexibility index (Phi) is 3.03. The van der Waals surface area contributed by atoms with Crippen LogP contribution >= 0.6 is 0 Å². The van der Waals surface area contributed by atoms with Crippen molar-refractivity contribution in [3.8, 4) is 17.4 Å². The van der Waals surface area contributed by atoms with Crippen LogP contribution in [-0.2, 0) is 11.2 Å². The summed E-state index contributed by atoms with van der Waals surface area (Å²) in [4.78, 5) is 12.2. The first-order valence-electron chi connectivity index (χ1n) is 5.58. The predicted octanol–water partition coefficient (Wildman–Crippen LogP) is 1.37. The van der Waals surface area contributed by atoms with Gasteiger partial charge in [0, 0.05) is 6.20 Å². The quantitative estimate of drug-likeness (QED) is 0.721. The van der Waals surface area contributed by atoms with Gasteiger partial charge in [0.15, 0.2) is 5.82 Å². The number of fused-ring (bicyclic) bond motifs is 1. The fourth-order valence-corrected chi connectivity index (χ4v) is 2.31. The molecule has 1 N–H and O–H groups in total. The van der Waals surface area contributed by atoms with E-state index in [9.17, 15) is 14.0 Å². The third-order valence-electron chi connectivity index (χ3n) is 2.74. The molecule has 8 heteroatoms. The molecule has 0 fully saturated rings. The molecule has 0 aliphatic heterocycles. The van der Waals surface area contributed by atoms with Crippen LogP contribution in [0.2, 0.25) is 0 Å². The fraction of sp³-hybridized carbons (Fsp3) is 0.0833. The van der Waals surface area contributed by atoms with Gasteiger partial charge in [-0.25, -0.2) is 14.4 Å². The number of aromatic hydroxyl groups is 1. The van der Waals surface area contributed by atoms with E-state index in [1.807, 2.05) is 0 Å². The highest BCUT2D eigenvalue weighted by Crippen LogP contribution is 2.24. The van der Waals surface area contributed by atoms with Gasteiger partial charge in [0.25, 0.3) is 5.88 Å². The van der Waals surface area contributed by atoms with Crippen molar-refractivity contribution in [1.29, 1.82) is 0 Å². The van der Waals surface area contributed by atoms with Crippen LogP contribution in [0.15, 0.2) is 35.6 Å². The SMILES string of the molecule is C[S+]([O-])c1cnc(-c2cnc3ccc(F)cn23)nc1O. The van der Waals surface area contributed by atoms with E-state index in [2.05, 4.69) is 15.0 Å². The molecular formula is C12H9FN4O2S. The number of hydrogen-bond acceptors (Lipinski definition) is 5. The Labute approximate surface area is 116 Å². The summed E-state index contributed by atoms with van der Waals surface area (Å²) in [5.41, 5.74) is 0.968. The predicted molar refractivity (Wildman–Crippen MR) is 70.2 cm³/mol. The van der Waals surface area contributed by atoms with Gasteiger partial charge in [-0.15, -0.1) is 0 Å².